The van der Waals surface area contributed by atoms with Gasteiger partial charge in [-0.05, 0) is 31.9 Å². The second-order valence-corrected chi connectivity index (χ2v) is 6.34. The fraction of sp³-hybridized carbons (Fsp3) is 0.188. The molecule has 24 heavy (non-hydrogen) atoms. The van der Waals surface area contributed by atoms with Gasteiger partial charge in [0.05, 0.1) is 22.9 Å². The standard InChI is InChI=1S/C16H14Cl3N3O2/c1-7-4-8(2)10(9(3)5-7)6-20-22-13-11(17)14(16(23)24)21-15(19)12(13)18/h4-6H,1-3H3,(H,21,22)(H,23,24)/p-1/b20-6-. The van der Waals surface area contributed by atoms with Gasteiger partial charge in [-0.15, -0.1) is 0 Å². The molecule has 0 radical (unpaired) electrons. The summed E-state index contributed by atoms with van der Waals surface area (Å²) in [7, 11) is 0. The van der Waals surface area contributed by atoms with Gasteiger partial charge >= 0.3 is 0 Å². The number of anilines is 1. The fourth-order valence-corrected chi connectivity index (χ4v) is 2.97. The van der Waals surface area contributed by atoms with E-state index in [2.05, 4.69) is 15.5 Å². The highest BCUT2D eigenvalue weighted by Crippen LogP contribution is 2.36. The summed E-state index contributed by atoms with van der Waals surface area (Å²) in [4.78, 5) is 14.6. The minimum Gasteiger partial charge on any atom is -0.543 e. The maximum atomic E-state index is 11.0. The highest BCUT2D eigenvalue weighted by Gasteiger charge is 2.17. The number of nitrogens with zero attached hydrogens (tertiary/aromatic N) is 2. The molecule has 0 aliphatic rings. The molecule has 8 heteroatoms. The second kappa shape index (κ2) is 7.38. The summed E-state index contributed by atoms with van der Waals surface area (Å²) in [5.74, 6) is -1.56. The van der Waals surface area contributed by atoms with Crippen LogP contribution in [0.3, 0.4) is 0 Å². The number of aryl methyl sites for hydroxylation is 3. The zero-order chi connectivity index (χ0) is 18.0. The van der Waals surface area contributed by atoms with Crippen LogP contribution in [0.15, 0.2) is 17.2 Å². The summed E-state index contributed by atoms with van der Waals surface area (Å²) in [6.45, 7) is 5.96. The Morgan fingerprint density at radius 3 is 2.29 bits per heavy atom. The molecule has 1 aromatic heterocycles. The number of hydrogen-bond donors (Lipinski definition) is 1. The van der Waals surface area contributed by atoms with Gasteiger partial charge in [-0.3, -0.25) is 5.43 Å². The molecule has 126 valence electrons. The lowest BCUT2D eigenvalue weighted by molar-refractivity contribution is -0.255. The third kappa shape index (κ3) is 3.80. The van der Waals surface area contributed by atoms with Gasteiger partial charge in [-0.2, -0.15) is 5.10 Å². The van der Waals surface area contributed by atoms with E-state index in [-0.39, 0.29) is 20.9 Å². The summed E-state index contributed by atoms with van der Waals surface area (Å²) in [6, 6.07) is 4.07. The molecule has 0 saturated carbocycles. The Labute approximate surface area is 154 Å². The van der Waals surface area contributed by atoms with Crippen LogP contribution < -0.4 is 10.5 Å². The molecule has 0 amide bonds. The number of aromatic carboxylic acids is 1. The number of carbonyl (C=O) groups excluding carboxylic acids is 1. The second-order valence-electron chi connectivity index (χ2n) is 5.22. The molecule has 0 aliphatic carbocycles. The van der Waals surface area contributed by atoms with Gasteiger partial charge < -0.3 is 9.90 Å². The van der Waals surface area contributed by atoms with Gasteiger partial charge in [-0.25, -0.2) is 4.98 Å². The van der Waals surface area contributed by atoms with Crippen LogP contribution in [0.25, 0.3) is 0 Å². The Kier molecular flexibility index (Phi) is 5.70. The Morgan fingerprint density at radius 1 is 1.17 bits per heavy atom. The van der Waals surface area contributed by atoms with E-state index in [1.54, 1.807) is 6.21 Å². The topological polar surface area (TPSA) is 77.4 Å². The molecule has 5 nitrogen and oxygen atoms in total. The Hall–Kier alpha value is -1.82. The molecule has 0 fully saturated rings. The van der Waals surface area contributed by atoms with Crippen LogP contribution in [-0.4, -0.2) is 17.2 Å². The Morgan fingerprint density at radius 2 is 1.75 bits per heavy atom. The smallest absolute Gasteiger partial charge is 0.150 e. The first-order chi connectivity index (χ1) is 11.2. The molecule has 0 spiro atoms. The molecule has 1 N–H and O–H groups in total. The average molecular weight is 386 g/mol. The molecule has 0 saturated heterocycles. The van der Waals surface area contributed by atoms with Crippen LogP contribution in [0.5, 0.6) is 0 Å². The van der Waals surface area contributed by atoms with Crippen molar-refractivity contribution < 1.29 is 9.90 Å². The molecule has 0 atom stereocenters. The van der Waals surface area contributed by atoms with Crippen molar-refractivity contribution in [2.24, 2.45) is 5.10 Å². The summed E-state index contributed by atoms with van der Waals surface area (Å²) in [6.07, 6.45) is 1.60. The quantitative estimate of drug-likeness (QED) is 0.493. The van der Waals surface area contributed by atoms with Crippen LogP contribution in [0, 0.1) is 20.8 Å². The molecule has 2 aromatic rings. The monoisotopic (exact) mass is 384 g/mol. The number of pyridine rings is 1. The van der Waals surface area contributed by atoms with E-state index >= 15 is 0 Å². The Balaban J connectivity index is 2.38. The lowest BCUT2D eigenvalue weighted by Crippen LogP contribution is -2.24. The van der Waals surface area contributed by atoms with Crippen molar-refractivity contribution in [1.82, 2.24) is 4.98 Å². The number of aromatic nitrogens is 1. The largest absolute Gasteiger partial charge is 0.543 e. The van der Waals surface area contributed by atoms with Crippen molar-refractivity contribution in [3.05, 3.63) is 55.3 Å². The number of halogens is 3. The van der Waals surface area contributed by atoms with Gasteiger partial charge in [0.2, 0.25) is 0 Å². The first-order valence-electron chi connectivity index (χ1n) is 6.85. The minimum atomic E-state index is -1.56. The van der Waals surface area contributed by atoms with Crippen LogP contribution in [0.4, 0.5) is 5.69 Å². The van der Waals surface area contributed by atoms with Crippen LogP contribution in [-0.2, 0) is 0 Å². The number of carbonyl (C=O) groups is 1. The molecular formula is C16H13Cl3N3O2-. The molecule has 0 aliphatic heterocycles. The highest BCUT2D eigenvalue weighted by atomic mass is 35.5. The summed E-state index contributed by atoms with van der Waals surface area (Å²) < 4.78 is 0. The molecule has 1 heterocycles. The van der Waals surface area contributed by atoms with E-state index in [0.717, 1.165) is 22.3 Å². The third-order valence-corrected chi connectivity index (χ3v) is 4.45. The van der Waals surface area contributed by atoms with E-state index in [4.69, 9.17) is 34.8 Å². The normalized spacial score (nSPS) is 11.1. The van der Waals surface area contributed by atoms with Gasteiger partial charge in [0, 0.05) is 5.56 Å². The molecule has 0 unspecified atom stereocenters. The molecular weight excluding hydrogens is 373 g/mol. The van der Waals surface area contributed by atoms with E-state index in [1.807, 2.05) is 32.9 Å². The summed E-state index contributed by atoms with van der Waals surface area (Å²) >= 11 is 17.8. The van der Waals surface area contributed by atoms with Crippen molar-refractivity contribution in [1.29, 1.82) is 0 Å². The highest BCUT2D eigenvalue weighted by molar-refractivity contribution is 6.46. The fourth-order valence-electron chi connectivity index (χ4n) is 2.30. The first-order valence-corrected chi connectivity index (χ1v) is 7.98. The van der Waals surface area contributed by atoms with Crippen LogP contribution in [0.1, 0.15) is 32.7 Å². The van der Waals surface area contributed by atoms with Crippen molar-refractivity contribution in [2.75, 3.05) is 5.43 Å². The van der Waals surface area contributed by atoms with Gasteiger partial charge in [0.15, 0.2) is 5.15 Å². The van der Waals surface area contributed by atoms with Gasteiger partial charge in [0.1, 0.15) is 10.7 Å². The molecule has 1 aromatic carbocycles. The zero-order valence-electron chi connectivity index (χ0n) is 13.1. The third-order valence-electron chi connectivity index (χ3n) is 3.34. The first kappa shape index (κ1) is 18.5. The van der Waals surface area contributed by atoms with Gasteiger partial charge in [0.25, 0.3) is 0 Å². The molecule has 2 rings (SSSR count). The average Bonchev–Trinajstić information content (AvgIpc) is 2.48. The SMILES string of the molecule is Cc1cc(C)c(/C=N\Nc2c(Cl)c(Cl)nc(C(=O)[O-])c2Cl)c(C)c1. The van der Waals surface area contributed by atoms with E-state index in [9.17, 15) is 9.90 Å². The Bertz CT molecular complexity index is 828. The summed E-state index contributed by atoms with van der Waals surface area (Å²) in [5.41, 5.74) is 6.36. The van der Waals surface area contributed by atoms with Crippen molar-refractivity contribution in [3.63, 3.8) is 0 Å². The van der Waals surface area contributed by atoms with E-state index in [0.29, 0.717) is 0 Å². The predicted molar refractivity (Wildman–Crippen MR) is 95.5 cm³/mol. The summed E-state index contributed by atoms with van der Waals surface area (Å²) in [5, 5.41) is 14.7. The lowest BCUT2D eigenvalue weighted by atomic mass is 10.0. The lowest BCUT2D eigenvalue weighted by Gasteiger charge is -2.12. The number of nitrogens with one attached hydrogen (secondary N) is 1. The number of carboxylic acids is 1. The zero-order valence-corrected chi connectivity index (χ0v) is 15.3. The van der Waals surface area contributed by atoms with E-state index in [1.165, 1.54) is 0 Å². The minimum absolute atomic E-state index is 0.0267. The number of hydrazone groups is 1. The molecule has 0 bridgehead atoms. The number of benzene rings is 1. The van der Waals surface area contributed by atoms with Crippen molar-refractivity contribution >= 4 is 52.7 Å². The van der Waals surface area contributed by atoms with Crippen molar-refractivity contribution in [2.45, 2.75) is 20.8 Å². The van der Waals surface area contributed by atoms with Gasteiger partial charge in [-0.1, -0.05) is 52.5 Å². The number of hydrogen-bond acceptors (Lipinski definition) is 5. The van der Waals surface area contributed by atoms with Crippen LogP contribution in [0.2, 0.25) is 15.2 Å². The van der Waals surface area contributed by atoms with E-state index < -0.39 is 11.7 Å². The number of rotatable bonds is 4. The van der Waals surface area contributed by atoms with Crippen LogP contribution >= 0.6 is 34.8 Å². The van der Waals surface area contributed by atoms with Crippen molar-refractivity contribution in [3.8, 4) is 0 Å². The number of carboxylic acid groups (broad SMARTS) is 1. The predicted octanol–water partition coefficient (Wildman–Crippen LogP) is 3.78. The maximum Gasteiger partial charge on any atom is 0.150 e. The maximum absolute atomic E-state index is 11.0.